The maximum atomic E-state index is 12.0. The summed E-state index contributed by atoms with van der Waals surface area (Å²) in [6.45, 7) is 0.172. The van der Waals surface area contributed by atoms with Crippen LogP contribution in [-0.2, 0) is 16.1 Å². The van der Waals surface area contributed by atoms with Crippen molar-refractivity contribution in [2.75, 3.05) is 0 Å². The summed E-state index contributed by atoms with van der Waals surface area (Å²) >= 11 is 6.11. The van der Waals surface area contributed by atoms with Crippen molar-refractivity contribution in [2.45, 2.75) is 19.1 Å². The average Bonchev–Trinajstić information content (AvgIpc) is 2.53. The van der Waals surface area contributed by atoms with Crippen LogP contribution in [0.15, 0.2) is 54.6 Å². The third-order valence-electron chi connectivity index (χ3n) is 3.21. The van der Waals surface area contributed by atoms with Crippen molar-refractivity contribution in [3.05, 3.63) is 70.7 Å². The Kier molecular flexibility index (Phi) is 6.00. The lowest BCUT2D eigenvalue weighted by Gasteiger charge is -2.18. The molecule has 0 radical (unpaired) electrons. The zero-order chi connectivity index (χ0) is 16.7. The van der Waals surface area contributed by atoms with Crippen LogP contribution in [0.5, 0.6) is 0 Å². The molecule has 0 bridgehead atoms. The fourth-order valence-corrected chi connectivity index (χ4v) is 2.40. The molecule has 1 atom stereocenters. The Morgan fingerprint density at radius 1 is 1.09 bits per heavy atom. The van der Waals surface area contributed by atoms with Crippen LogP contribution in [0.25, 0.3) is 0 Å². The van der Waals surface area contributed by atoms with Gasteiger partial charge < -0.3 is 15.8 Å². The summed E-state index contributed by atoms with van der Waals surface area (Å²) in [5, 5.41) is 2.97. The lowest BCUT2D eigenvalue weighted by Crippen LogP contribution is -2.34. The molecule has 0 saturated carbocycles. The number of hydrogen-bond acceptors (Lipinski definition) is 3. The van der Waals surface area contributed by atoms with E-state index in [0.29, 0.717) is 10.6 Å². The second-order valence-electron chi connectivity index (χ2n) is 4.93. The van der Waals surface area contributed by atoms with E-state index in [0.717, 1.165) is 5.56 Å². The number of benzene rings is 2. The molecule has 2 aromatic carbocycles. The summed E-state index contributed by atoms with van der Waals surface area (Å²) < 4.78 is 5.23. The van der Waals surface area contributed by atoms with Crippen molar-refractivity contribution >= 4 is 23.6 Å². The van der Waals surface area contributed by atoms with Gasteiger partial charge >= 0.3 is 12.0 Å². The summed E-state index contributed by atoms with van der Waals surface area (Å²) in [6.07, 6.45) is -0.0560. The molecule has 23 heavy (non-hydrogen) atoms. The SMILES string of the molecule is NC(=O)N[C@H](CC(=O)OCc1ccccc1)c1ccccc1Cl. The van der Waals surface area contributed by atoms with Crippen LogP contribution in [0.2, 0.25) is 5.02 Å². The number of urea groups is 1. The zero-order valence-electron chi connectivity index (χ0n) is 12.4. The van der Waals surface area contributed by atoms with E-state index in [4.69, 9.17) is 22.1 Å². The predicted octanol–water partition coefficient (Wildman–Crippen LogP) is 3.18. The Hall–Kier alpha value is -2.53. The minimum absolute atomic E-state index is 0.0560. The van der Waals surface area contributed by atoms with E-state index in [1.165, 1.54) is 0 Å². The highest BCUT2D eigenvalue weighted by Gasteiger charge is 2.20. The summed E-state index contributed by atoms with van der Waals surface area (Å²) in [5.41, 5.74) is 6.68. The maximum absolute atomic E-state index is 12.0. The van der Waals surface area contributed by atoms with Crippen molar-refractivity contribution in [1.29, 1.82) is 0 Å². The fourth-order valence-electron chi connectivity index (χ4n) is 2.13. The van der Waals surface area contributed by atoms with Gasteiger partial charge in [0.1, 0.15) is 6.61 Å². The zero-order valence-corrected chi connectivity index (χ0v) is 13.1. The molecule has 2 amide bonds. The molecule has 3 N–H and O–H groups in total. The molecular weight excluding hydrogens is 316 g/mol. The molecule has 6 heteroatoms. The number of carbonyl (C=O) groups excluding carboxylic acids is 2. The topological polar surface area (TPSA) is 81.4 Å². The van der Waals surface area contributed by atoms with Crippen LogP contribution < -0.4 is 11.1 Å². The number of amides is 2. The second kappa shape index (κ2) is 8.19. The number of carbonyl (C=O) groups is 2. The molecule has 0 aliphatic rings. The molecule has 0 fully saturated rings. The van der Waals surface area contributed by atoms with Crippen LogP contribution in [0.1, 0.15) is 23.6 Å². The first-order valence-electron chi connectivity index (χ1n) is 7.06. The number of hydrogen-bond donors (Lipinski definition) is 2. The lowest BCUT2D eigenvalue weighted by atomic mass is 10.0. The molecule has 0 unspecified atom stereocenters. The number of nitrogens with two attached hydrogens (primary N) is 1. The van der Waals surface area contributed by atoms with Crippen molar-refractivity contribution in [1.82, 2.24) is 5.32 Å². The van der Waals surface area contributed by atoms with Crippen LogP contribution in [0.4, 0.5) is 4.79 Å². The minimum Gasteiger partial charge on any atom is -0.461 e. The van der Waals surface area contributed by atoms with E-state index in [-0.39, 0.29) is 13.0 Å². The lowest BCUT2D eigenvalue weighted by molar-refractivity contribution is -0.145. The van der Waals surface area contributed by atoms with Crippen LogP contribution >= 0.6 is 11.6 Å². The number of primary amides is 1. The molecule has 5 nitrogen and oxygen atoms in total. The molecule has 0 heterocycles. The number of esters is 1. The molecule has 0 saturated heterocycles. The first-order chi connectivity index (χ1) is 11.1. The minimum atomic E-state index is -0.731. The Morgan fingerprint density at radius 3 is 2.39 bits per heavy atom. The quantitative estimate of drug-likeness (QED) is 0.797. The summed E-state index contributed by atoms with van der Waals surface area (Å²) in [4.78, 5) is 23.2. The van der Waals surface area contributed by atoms with Crippen molar-refractivity contribution in [2.24, 2.45) is 5.73 Å². The molecule has 2 aromatic rings. The van der Waals surface area contributed by atoms with E-state index in [2.05, 4.69) is 5.32 Å². The Balaban J connectivity index is 2.01. The number of nitrogens with one attached hydrogen (secondary N) is 1. The van der Waals surface area contributed by atoms with Gasteiger partial charge in [-0.15, -0.1) is 0 Å². The van der Waals surface area contributed by atoms with E-state index in [9.17, 15) is 9.59 Å². The van der Waals surface area contributed by atoms with Gasteiger partial charge in [0.2, 0.25) is 0 Å². The summed E-state index contributed by atoms with van der Waals surface area (Å²) in [7, 11) is 0. The first kappa shape index (κ1) is 16.8. The summed E-state index contributed by atoms with van der Waals surface area (Å²) in [5.74, 6) is -0.451. The highest BCUT2D eigenvalue weighted by Crippen LogP contribution is 2.25. The molecule has 2 rings (SSSR count). The molecule has 0 aromatic heterocycles. The van der Waals surface area contributed by atoms with Crippen molar-refractivity contribution in [3.8, 4) is 0 Å². The van der Waals surface area contributed by atoms with Gasteiger partial charge in [-0.1, -0.05) is 60.1 Å². The third kappa shape index (κ3) is 5.30. The van der Waals surface area contributed by atoms with Gasteiger partial charge in [-0.25, -0.2) is 4.79 Å². The number of rotatable bonds is 6. The van der Waals surface area contributed by atoms with E-state index >= 15 is 0 Å². The molecule has 0 aliphatic carbocycles. The average molecular weight is 333 g/mol. The Bertz CT molecular complexity index is 677. The van der Waals surface area contributed by atoms with Crippen LogP contribution in [0, 0.1) is 0 Å². The van der Waals surface area contributed by atoms with Crippen LogP contribution in [-0.4, -0.2) is 12.0 Å². The number of ether oxygens (including phenoxy) is 1. The van der Waals surface area contributed by atoms with E-state index in [1.807, 2.05) is 30.3 Å². The highest BCUT2D eigenvalue weighted by atomic mass is 35.5. The largest absolute Gasteiger partial charge is 0.461 e. The van der Waals surface area contributed by atoms with E-state index < -0.39 is 18.0 Å². The third-order valence-corrected chi connectivity index (χ3v) is 3.55. The van der Waals surface area contributed by atoms with Gasteiger partial charge in [0.25, 0.3) is 0 Å². The second-order valence-corrected chi connectivity index (χ2v) is 5.34. The van der Waals surface area contributed by atoms with Crippen LogP contribution in [0.3, 0.4) is 0 Å². The van der Waals surface area contributed by atoms with Gasteiger partial charge in [-0.05, 0) is 17.2 Å². The maximum Gasteiger partial charge on any atom is 0.312 e. The van der Waals surface area contributed by atoms with Gasteiger partial charge in [0.05, 0.1) is 12.5 Å². The molecule has 0 aliphatic heterocycles. The van der Waals surface area contributed by atoms with Gasteiger partial charge in [-0.2, -0.15) is 0 Å². The molecule has 0 spiro atoms. The highest BCUT2D eigenvalue weighted by molar-refractivity contribution is 6.31. The number of halogens is 1. The predicted molar refractivity (Wildman–Crippen MR) is 87.8 cm³/mol. The Morgan fingerprint density at radius 2 is 1.74 bits per heavy atom. The first-order valence-corrected chi connectivity index (χ1v) is 7.44. The Labute approximate surface area is 139 Å². The van der Waals surface area contributed by atoms with Crippen molar-refractivity contribution in [3.63, 3.8) is 0 Å². The summed E-state index contributed by atoms with van der Waals surface area (Å²) in [6, 6.07) is 14.9. The molecular formula is C17H17ClN2O3. The van der Waals surface area contributed by atoms with Gasteiger partial charge in [0, 0.05) is 5.02 Å². The molecule has 120 valence electrons. The monoisotopic (exact) mass is 332 g/mol. The smallest absolute Gasteiger partial charge is 0.312 e. The standard InChI is InChI=1S/C17H17ClN2O3/c18-14-9-5-4-8-13(14)15(20-17(19)22)10-16(21)23-11-12-6-2-1-3-7-12/h1-9,15H,10-11H2,(H3,19,20,22)/t15-/m1/s1. The van der Waals surface area contributed by atoms with Gasteiger partial charge in [-0.3, -0.25) is 4.79 Å². The normalized spacial score (nSPS) is 11.5. The fraction of sp³-hybridized carbons (Fsp3) is 0.176. The van der Waals surface area contributed by atoms with E-state index in [1.54, 1.807) is 24.3 Å². The van der Waals surface area contributed by atoms with Crippen molar-refractivity contribution < 1.29 is 14.3 Å². The van der Waals surface area contributed by atoms with Gasteiger partial charge in [0.15, 0.2) is 0 Å².